The fourth-order valence-corrected chi connectivity index (χ4v) is 3.28. The van der Waals surface area contributed by atoms with Crippen LogP contribution in [0.5, 0.6) is 0 Å². The van der Waals surface area contributed by atoms with Crippen LogP contribution in [-0.4, -0.2) is 40.1 Å². The molecule has 0 bridgehead atoms. The van der Waals surface area contributed by atoms with Gasteiger partial charge >= 0.3 is 0 Å². The Morgan fingerprint density at radius 2 is 2.12 bits per heavy atom. The van der Waals surface area contributed by atoms with Crippen molar-refractivity contribution in [3.63, 3.8) is 0 Å². The molecule has 0 atom stereocenters. The van der Waals surface area contributed by atoms with Gasteiger partial charge in [0, 0.05) is 23.3 Å². The molecule has 2 rings (SSSR count). The third-order valence-electron chi connectivity index (χ3n) is 2.62. The summed E-state index contributed by atoms with van der Waals surface area (Å²) < 4.78 is 2.16. The van der Waals surface area contributed by atoms with E-state index in [9.17, 15) is 0 Å². The van der Waals surface area contributed by atoms with Gasteiger partial charge in [0.05, 0.1) is 6.67 Å². The Morgan fingerprint density at radius 1 is 1.41 bits per heavy atom. The maximum Gasteiger partial charge on any atom is 0.137 e. The Morgan fingerprint density at radius 3 is 2.71 bits per heavy atom. The molecule has 1 aromatic carbocycles. The molecule has 0 amide bonds. The lowest BCUT2D eigenvalue weighted by Crippen LogP contribution is -2.35. The lowest BCUT2D eigenvalue weighted by atomic mass is 10.2. The van der Waals surface area contributed by atoms with Gasteiger partial charge in [0.25, 0.3) is 0 Å². The normalized spacial score (nSPS) is 15.9. The summed E-state index contributed by atoms with van der Waals surface area (Å²) in [5, 5.41) is 0. The molecule has 0 aromatic heterocycles. The van der Waals surface area contributed by atoms with Crippen molar-refractivity contribution in [3.8, 4) is 0 Å². The van der Waals surface area contributed by atoms with Gasteiger partial charge in [-0.2, -0.15) is 0 Å². The van der Waals surface area contributed by atoms with Crippen LogP contribution in [0.3, 0.4) is 0 Å². The third kappa shape index (κ3) is 3.95. The predicted molar refractivity (Wildman–Crippen MR) is 82.2 cm³/mol. The van der Waals surface area contributed by atoms with Gasteiger partial charge in [0.1, 0.15) is 4.32 Å². The maximum absolute atomic E-state index is 5.30. The molecule has 0 saturated carbocycles. The van der Waals surface area contributed by atoms with E-state index < -0.39 is 0 Å². The molecule has 0 N–H and O–H groups in total. The molecule has 1 aromatic rings. The molecular weight excluding hydrogens is 316 g/mol. The summed E-state index contributed by atoms with van der Waals surface area (Å²) in [5.41, 5.74) is 1.33. The van der Waals surface area contributed by atoms with Gasteiger partial charge in [-0.25, -0.2) is 0 Å². The van der Waals surface area contributed by atoms with Gasteiger partial charge in [0.2, 0.25) is 0 Å². The average molecular weight is 331 g/mol. The topological polar surface area (TPSA) is 6.48 Å². The van der Waals surface area contributed by atoms with Crippen LogP contribution in [-0.2, 0) is 6.54 Å². The maximum atomic E-state index is 5.30. The summed E-state index contributed by atoms with van der Waals surface area (Å²) in [7, 11) is 2.13. The Balaban J connectivity index is 1.86. The van der Waals surface area contributed by atoms with E-state index in [2.05, 4.69) is 57.0 Å². The Bertz CT molecular complexity index is 394. The number of thioether (sulfide) groups is 1. The molecule has 1 aliphatic heterocycles. The summed E-state index contributed by atoms with van der Waals surface area (Å²) in [4.78, 5) is 4.56. The van der Waals surface area contributed by atoms with Crippen LogP contribution < -0.4 is 0 Å². The Labute approximate surface area is 120 Å². The fraction of sp³-hybridized carbons (Fsp3) is 0.417. The number of nitrogens with zero attached hydrogens (tertiary/aromatic N) is 2. The molecule has 0 unspecified atom stereocenters. The zero-order valence-electron chi connectivity index (χ0n) is 9.73. The Hall–Kier alpha value is -0.100. The van der Waals surface area contributed by atoms with Gasteiger partial charge < -0.3 is 4.90 Å². The number of thiocarbonyl (C=S) groups is 1. The first-order valence-electron chi connectivity index (χ1n) is 5.50. The van der Waals surface area contributed by atoms with Gasteiger partial charge in [-0.3, -0.25) is 4.90 Å². The molecule has 1 saturated heterocycles. The van der Waals surface area contributed by atoms with Crippen LogP contribution in [0.15, 0.2) is 28.7 Å². The minimum atomic E-state index is 0.919. The molecule has 1 heterocycles. The van der Waals surface area contributed by atoms with Crippen molar-refractivity contribution in [2.24, 2.45) is 0 Å². The monoisotopic (exact) mass is 330 g/mol. The Kier molecular flexibility index (Phi) is 4.85. The van der Waals surface area contributed by atoms with E-state index in [0.717, 1.165) is 34.3 Å². The van der Waals surface area contributed by atoms with E-state index in [1.165, 1.54) is 5.56 Å². The molecular formula is C12H15BrN2S2. The van der Waals surface area contributed by atoms with Crippen LogP contribution >= 0.6 is 39.9 Å². The fourth-order valence-electron chi connectivity index (χ4n) is 1.80. The van der Waals surface area contributed by atoms with E-state index in [4.69, 9.17) is 12.2 Å². The highest BCUT2D eigenvalue weighted by atomic mass is 79.9. The molecule has 92 valence electrons. The van der Waals surface area contributed by atoms with Crippen LogP contribution in [0.1, 0.15) is 5.56 Å². The first-order valence-corrected chi connectivity index (χ1v) is 7.68. The van der Waals surface area contributed by atoms with Crippen LogP contribution in [0.25, 0.3) is 0 Å². The first-order chi connectivity index (χ1) is 8.15. The van der Waals surface area contributed by atoms with E-state index in [1.807, 2.05) is 0 Å². The predicted octanol–water partition coefficient (Wildman–Crippen LogP) is 3.17. The van der Waals surface area contributed by atoms with Crippen LogP contribution in [0.4, 0.5) is 0 Å². The first kappa shape index (κ1) is 13.3. The minimum absolute atomic E-state index is 0.919. The van der Waals surface area contributed by atoms with Gasteiger partial charge in [0.15, 0.2) is 0 Å². The van der Waals surface area contributed by atoms with E-state index >= 15 is 0 Å². The molecule has 1 fully saturated rings. The van der Waals surface area contributed by atoms with Crippen molar-refractivity contribution < 1.29 is 0 Å². The highest BCUT2D eigenvalue weighted by Crippen LogP contribution is 2.18. The van der Waals surface area contributed by atoms with Crippen LogP contribution in [0, 0.1) is 0 Å². The van der Waals surface area contributed by atoms with Crippen molar-refractivity contribution in [3.05, 3.63) is 34.3 Å². The standard InChI is InChI=1S/C12H15BrN2S2/c1-14(9-15-6-7-17-12(15)16)8-10-2-4-11(13)5-3-10/h2-5H,6-9H2,1H3. The van der Waals surface area contributed by atoms with Gasteiger partial charge in [-0.15, -0.1) is 0 Å². The minimum Gasteiger partial charge on any atom is -0.344 e. The largest absolute Gasteiger partial charge is 0.344 e. The smallest absolute Gasteiger partial charge is 0.137 e. The van der Waals surface area contributed by atoms with Crippen molar-refractivity contribution in [1.82, 2.24) is 9.80 Å². The van der Waals surface area contributed by atoms with Gasteiger partial charge in [-0.05, 0) is 24.7 Å². The molecule has 17 heavy (non-hydrogen) atoms. The zero-order valence-corrected chi connectivity index (χ0v) is 12.9. The second-order valence-electron chi connectivity index (χ2n) is 4.16. The zero-order chi connectivity index (χ0) is 12.3. The summed E-state index contributed by atoms with van der Waals surface area (Å²) in [6.45, 7) is 2.95. The molecule has 2 nitrogen and oxygen atoms in total. The highest BCUT2D eigenvalue weighted by molar-refractivity contribution is 9.10. The van der Waals surface area contributed by atoms with Crippen molar-refractivity contribution >= 4 is 44.2 Å². The van der Waals surface area contributed by atoms with Gasteiger partial charge in [-0.1, -0.05) is 52.0 Å². The number of benzene rings is 1. The third-order valence-corrected chi connectivity index (χ3v) is 4.66. The van der Waals surface area contributed by atoms with Crippen molar-refractivity contribution in [1.29, 1.82) is 0 Å². The van der Waals surface area contributed by atoms with Crippen molar-refractivity contribution in [2.75, 3.05) is 26.0 Å². The summed E-state index contributed by atoms with van der Waals surface area (Å²) in [6, 6.07) is 8.47. The SMILES string of the molecule is CN(Cc1ccc(Br)cc1)CN1CCSC1=S. The second-order valence-corrected chi connectivity index (χ2v) is 6.80. The molecule has 0 aliphatic carbocycles. The quantitative estimate of drug-likeness (QED) is 0.782. The number of hydrogen-bond donors (Lipinski definition) is 0. The molecule has 0 spiro atoms. The number of rotatable bonds is 4. The lowest BCUT2D eigenvalue weighted by molar-refractivity contribution is 0.229. The summed E-state index contributed by atoms with van der Waals surface area (Å²) >= 11 is 10.5. The average Bonchev–Trinajstić information content (AvgIpc) is 2.68. The number of hydrogen-bond acceptors (Lipinski definition) is 3. The second kappa shape index (κ2) is 6.18. The number of halogens is 1. The van der Waals surface area contributed by atoms with E-state index in [-0.39, 0.29) is 0 Å². The molecule has 5 heteroatoms. The molecule has 1 aliphatic rings. The van der Waals surface area contributed by atoms with Crippen molar-refractivity contribution in [2.45, 2.75) is 6.54 Å². The summed E-state index contributed by atoms with van der Waals surface area (Å²) in [5.74, 6) is 1.13. The molecule has 0 radical (unpaired) electrons. The summed E-state index contributed by atoms with van der Waals surface area (Å²) in [6.07, 6.45) is 0. The van der Waals surface area contributed by atoms with Crippen LogP contribution in [0.2, 0.25) is 0 Å². The lowest BCUT2D eigenvalue weighted by Gasteiger charge is -2.24. The highest BCUT2D eigenvalue weighted by Gasteiger charge is 2.18. The van der Waals surface area contributed by atoms with E-state index in [1.54, 1.807) is 11.8 Å². The van der Waals surface area contributed by atoms with E-state index in [0.29, 0.717) is 0 Å².